The Morgan fingerprint density at radius 1 is 1.22 bits per heavy atom. The average molecular weight is 264 g/mol. The molecule has 0 aromatic carbocycles. The molecule has 0 bridgehead atoms. The Balaban J connectivity index is 2.20. The van der Waals surface area contributed by atoms with Crippen LogP contribution >= 0.6 is 0 Å². The number of pyridine rings is 1. The second-order valence-electron chi connectivity index (χ2n) is 3.68. The van der Waals surface area contributed by atoms with Crippen LogP contribution in [0.15, 0.2) is 41.8 Å². The third-order valence-electron chi connectivity index (χ3n) is 2.25. The van der Waals surface area contributed by atoms with Gasteiger partial charge >= 0.3 is 0 Å². The first-order chi connectivity index (χ1) is 8.57. The molecule has 2 aromatic heterocycles. The van der Waals surface area contributed by atoms with Gasteiger partial charge in [-0.1, -0.05) is 0 Å². The summed E-state index contributed by atoms with van der Waals surface area (Å²) in [6.07, 6.45) is 5.75. The van der Waals surface area contributed by atoms with Crippen molar-refractivity contribution in [1.82, 2.24) is 15.0 Å². The van der Waals surface area contributed by atoms with Crippen molar-refractivity contribution >= 4 is 15.7 Å². The summed E-state index contributed by atoms with van der Waals surface area (Å²) in [5.74, 6) is 0.332. The van der Waals surface area contributed by atoms with Gasteiger partial charge < -0.3 is 5.32 Å². The van der Waals surface area contributed by atoms with E-state index in [0.717, 1.165) is 11.9 Å². The maximum Gasteiger partial charge on any atom is 0.179 e. The van der Waals surface area contributed by atoms with Crippen molar-refractivity contribution in [2.24, 2.45) is 0 Å². The SMILES string of the molecule is CS(=O)(=O)c1cccnc1NCc1ccncn1. The number of hydrogen-bond donors (Lipinski definition) is 1. The van der Waals surface area contributed by atoms with Crippen LogP contribution in [-0.4, -0.2) is 29.6 Å². The third-order valence-corrected chi connectivity index (χ3v) is 3.38. The fourth-order valence-corrected chi connectivity index (χ4v) is 2.22. The molecule has 0 spiro atoms. The monoisotopic (exact) mass is 264 g/mol. The van der Waals surface area contributed by atoms with E-state index in [0.29, 0.717) is 12.4 Å². The molecule has 7 heteroatoms. The molecule has 0 unspecified atom stereocenters. The van der Waals surface area contributed by atoms with Gasteiger partial charge in [0.1, 0.15) is 17.0 Å². The van der Waals surface area contributed by atoms with Gasteiger partial charge in [-0.25, -0.2) is 23.4 Å². The molecule has 0 radical (unpaired) electrons. The summed E-state index contributed by atoms with van der Waals surface area (Å²) in [5.41, 5.74) is 0.759. The molecule has 0 saturated heterocycles. The number of sulfone groups is 1. The summed E-state index contributed by atoms with van der Waals surface area (Å²) in [4.78, 5) is 12.0. The Bertz CT molecular complexity index is 629. The number of rotatable bonds is 4. The minimum atomic E-state index is -3.30. The largest absolute Gasteiger partial charge is 0.363 e. The van der Waals surface area contributed by atoms with Crippen LogP contribution in [0.4, 0.5) is 5.82 Å². The van der Waals surface area contributed by atoms with Gasteiger partial charge in [0.05, 0.1) is 12.2 Å². The van der Waals surface area contributed by atoms with Gasteiger partial charge in [0.15, 0.2) is 9.84 Å². The maximum absolute atomic E-state index is 11.6. The molecule has 2 aromatic rings. The van der Waals surface area contributed by atoms with Gasteiger partial charge in [-0.15, -0.1) is 0 Å². The fourth-order valence-electron chi connectivity index (χ4n) is 1.42. The van der Waals surface area contributed by atoms with Gasteiger partial charge in [0, 0.05) is 18.6 Å². The summed E-state index contributed by atoms with van der Waals surface area (Å²) < 4.78 is 23.1. The molecular formula is C11H12N4O2S. The van der Waals surface area contributed by atoms with Crippen LogP contribution in [0.2, 0.25) is 0 Å². The number of anilines is 1. The van der Waals surface area contributed by atoms with Crippen molar-refractivity contribution < 1.29 is 8.42 Å². The smallest absolute Gasteiger partial charge is 0.179 e. The lowest BCUT2D eigenvalue weighted by Gasteiger charge is -2.08. The van der Waals surface area contributed by atoms with Crippen LogP contribution in [0.3, 0.4) is 0 Å². The van der Waals surface area contributed by atoms with E-state index < -0.39 is 9.84 Å². The van der Waals surface area contributed by atoms with Crippen LogP contribution in [0.25, 0.3) is 0 Å². The zero-order valence-electron chi connectivity index (χ0n) is 9.74. The van der Waals surface area contributed by atoms with Crippen LogP contribution in [0, 0.1) is 0 Å². The predicted molar refractivity (Wildman–Crippen MR) is 66.7 cm³/mol. The number of nitrogens with one attached hydrogen (secondary N) is 1. The van der Waals surface area contributed by atoms with Crippen LogP contribution in [0.5, 0.6) is 0 Å². The van der Waals surface area contributed by atoms with Crippen molar-refractivity contribution in [3.05, 3.63) is 42.6 Å². The van der Waals surface area contributed by atoms with E-state index in [9.17, 15) is 8.42 Å². The molecule has 0 fully saturated rings. The normalized spacial score (nSPS) is 11.2. The zero-order valence-corrected chi connectivity index (χ0v) is 10.6. The number of hydrogen-bond acceptors (Lipinski definition) is 6. The molecular weight excluding hydrogens is 252 g/mol. The van der Waals surface area contributed by atoms with Crippen LogP contribution < -0.4 is 5.32 Å². The molecule has 0 amide bonds. The summed E-state index contributed by atoms with van der Waals surface area (Å²) in [6, 6.07) is 4.85. The molecule has 2 rings (SSSR count). The zero-order chi connectivity index (χ0) is 13.0. The Morgan fingerprint density at radius 3 is 2.72 bits per heavy atom. The minimum Gasteiger partial charge on any atom is -0.363 e. The first-order valence-electron chi connectivity index (χ1n) is 5.21. The molecule has 0 saturated carbocycles. The topological polar surface area (TPSA) is 84.8 Å². The first-order valence-corrected chi connectivity index (χ1v) is 7.10. The lowest BCUT2D eigenvalue weighted by Crippen LogP contribution is -2.08. The van der Waals surface area contributed by atoms with Crippen molar-refractivity contribution in [2.45, 2.75) is 11.4 Å². The van der Waals surface area contributed by atoms with Crippen LogP contribution in [-0.2, 0) is 16.4 Å². The van der Waals surface area contributed by atoms with Crippen molar-refractivity contribution in [3.8, 4) is 0 Å². The third kappa shape index (κ3) is 3.01. The maximum atomic E-state index is 11.6. The highest BCUT2D eigenvalue weighted by Gasteiger charge is 2.13. The molecule has 1 N–H and O–H groups in total. The molecule has 2 heterocycles. The van der Waals surface area contributed by atoms with Crippen molar-refractivity contribution in [2.75, 3.05) is 11.6 Å². The van der Waals surface area contributed by atoms with E-state index in [1.165, 1.54) is 18.6 Å². The average Bonchev–Trinajstić information content (AvgIpc) is 2.37. The molecule has 0 aliphatic carbocycles. The second-order valence-corrected chi connectivity index (χ2v) is 5.66. The highest BCUT2D eigenvalue weighted by molar-refractivity contribution is 7.90. The van der Waals surface area contributed by atoms with Crippen molar-refractivity contribution in [3.63, 3.8) is 0 Å². The predicted octanol–water partition coefficient (Wildman–Crippen LogP) is 0.887. The van der Waals surface area contributed by atoms with Gasteiger partial charge in [-0.3, -0.25) is 0 Å². The first kappa shape index (κ1) is 12.4. The van der Waals surface area contributed by atoms with Crippen LogP contribution in [0.1, 0.15) is 5.69 Å². The summed E-state index contributed by atoms with van der Waals surface area (Å²) in [5, 5.41) is 2.96. The highest BCUT2D eigenvalue weighted by Crippen LogP contribution is 2.17. The Kier molecular flexibility index (Phi) is 3.52. The molecule has 6 nitrogen and oxygen atoms in total. The number of nitrogens with zero attached hydrogens (tertiary/aromatic N) is 3. The summed E-state index contributed by atoms with van der Waals surface area (Å²) in [6.45, 7) is 0.391. The lowest BCUT2D eigenvalue weighted by molar-refractivity contribution is 0.601. The van der Waals surface area contributed by atoms with E-state index in [4.69, 9.17) is 0 Å². The van der Waals surface area contributed by atoms with E-state index in [1.54, 1.807) is 18.3 Å². The lowest BCUT2D eigenvalue weighted by atomic mass is 10.4. The molecule has 0 aliphatic rings. The fraction of sp³-hybridized carbons (Fsp3) is 0.182. The van der Waals surface area contributed by atoms with E-state index >= 15 is 0 Å². The van der Waals surface area contributed by atoms with Gasteiger partial charge in [0.25, 0.3) is 0 Å². The standard InChI is InChI=1S/C11H12N4O2S/c1-18(16,17)10-3-2-5-13-11(10)14-7-9-4-6-12-8-15-9/h2-6,8H,7H2,1H3,(H,13,14). The summed E-state index contributed by atoms with van der Waals surface area (Å²) >= 11 is 0. The van der Waals surface area contributed by atoms with E-state index in [-0.39, 0.29) is 4.90 Å². The Labute approximate surface area is 105 Å². The van der Waals surface area contributed by atoms with Gasteiger partial charge in [-0.2, -0.15) is 0 Å². The Hall–Kier alpha value is -2.02. The molecule has 18 heavy (non-hydrogen) atoms. The van der Waals surface area contributed by atoms with Gasteiger partial charge in [-0.05, 0) is 18.2 Å². The molecule has 0 aliphatic heterocycles. The quantitative estimate of drug-likeness (QED) is 0.882. The molecule has 94 valence electrons. The van der Waals surface area contributed by atoms with Gasteiger partial charge in [0.2, 0.25) is 0 Å². The van der Waals surface area contributed by atoms with E-state index in [2.05, 4.69) is 20.3 Å². The Morgan fingerprint density at radius 2 is 2.06 bits per heavy atom. The molecule has 0 atom stereocenters. The van der Waals surface area contributed by atoms with Crippen molar-refractivity contribution in [1.29, 1.82) is 0 Å². The second kappa shape index (κ2) is 5.09. The van der Waals surface area contributed by atoms with E-state index in [1.807, 2.05) is 0 Å². The minimum absolute atomic E-state index is 0.180. The highest BCUT2D eigenvalue weighted by atomic mass is 32.2. The summed E-state index contributed by atoms with van der Waals surface area (Å²) in [7, 11) is -3.30. The number of aromatic nitrogens is 3.